The van der Waals surface area contributed by atoms with Gasteiger partial charge in [-0.3, -0.25) is 0 Å². The molecular formula is C15H32N+. The van der Waals surface area contributed by atoms with Crippen molar-refractivity contribution in [1.29, 1.82) is 0 Å². The minimum atomic E-state index is 0.377. The van der Waals surface area contributed by atoms with Crippen molar-refractivity contribution < 1.29 is 4.48 Å². The topological polar surface area (TPSA) is 0 Å². The Hall–Kier alpha value is -0.0400. The van der Waals surface area contributed by atoms with E-state index in [9.17, 15) is 0 Å². The van der Waals surface area contributed by atoms with Crippen LogP contribution in [0, 0.1) is 16.7 Å². The van der Waals surface area contributed by atoms with Gasteiger partial charge in [-0.2, -0.15) is 0 Å². The molecule has 0 aromatic rings. The third-order valence-electron chi connectivity index (χ3n) is 6.38. The lowest BCUT2D eigenvalue weighted by Crippen LogP contribution is -2.68. The fourth-order valence-corrected chi connectivity index (χ4v) is 3.75. The quantitative estimate of drug-likeness (QED) is 0.594. The summed E-state index contributed by atoms with van der Waals surface area (Å²) in [5, 5.41) is 0. The van der Waals surface area contributed by atoms with Gasteiger partial charge in [0.25, 0.3) is 0 Å². The molecule has 16 heavy (non-hydrogen) atoms. The molecule has 1 aliphatic rings. The summed E-state index contributed by atoms with van der Waals surface area (Å²) in [6.45, 7) is 14.8. The Bertz CT molecular complexity index is 270. The van der Waals surface area contributed by atoms with Crippen LogP contribution in [0.15, 0.2) is 0 Å². The molecule has 1 aliphatic carbocycles. The largest absolute Gasteiger partial charge is 0.326 e. The maximum absolute atomic E-state index is 2.48. The molecule has 1 nitrogen and oxygen atoms in total. The van der Waals surface area contributed by atoms with Crippen molar-refractivity contribution in [3.05, 3.63) is 0 Å². The SMILES string of the molecule is CC1C(C)(C)CCC(C)([N+](C)(C)C)C1(C)C. The molecule has 0 aromatic heterocycles. The molecule has 0 aliphatic heterocycles. The van der Waals surface area contributed by atoms with Crippen LogP contribution in [0.5, 0.6) is 0 Å². The van der Waals surface area contributed by atoms with Gasteiger partial charge in [-0.05, 0) is 24.7 Å². The Kier molecular flexibility index (Phi) is 3.05. The zero-order valence-electron chi connectivity index (χ0n) is 12.9. The number of hydrogen-bond donors (Lipinski definition) is 0. The highest BCUT2D eigenvalue weighted by atomic mass is 15.4. The fourth-order valence-electron chi connectivity index (χ4n) is 3.75. The number of rotatable bonds is 1. The standard InChI is InChI=1S/C15H32N/c1-12-13(2,3)10-11-15(6,14(12,4)5)16(7,8)9/h12H,10-11H2,1-9H3/q+1. The third kappa shape index (κ3) is 1.72. The summed E-state index contributed by atoms with van der Waals surface area (Å²) in [4.78, 5) is 0. The van der Waals surface area contributed by atoms with Gasteiger partial charge >= 0.3 is 0 Å². The average Bonchev–Trinajstić information content (AvgIpc) is 2.08. The molecule has 0 aromatic carbocycles. The lowest BCUT2D eigenvalue weighted by atomic mass is 9.50. The highest BCUT2D eigenvalue weighted by molar-refractivity contribution is 5.03. The van der Waals surface area contributed by atoms with Crippen LogP contribution >= 0.6 is 0 Å². The molecule has 1 rings (SSSR count). The number of nitrogens with zero attached hydrogens (tertiary/aromatic N) is 1. The molecule has 2 atom stereocenters. The van der Waals surface area contributed by atoms with Gasteiger partial charge in [0, 0.05) is 11.8 Å². The first-order valence-corrected chi connectivity index (χ1v) is 6.68. The monoisotopic (exact) mass is 226 g/mol. The second-order valence-electron chi connectivity index (χ2n) is 8.22. The first kappa shape index (κ1) is 14.0. The highest BCUT2D eigenvalue weighted by Crippen LogP contribution is 2.58. The number of quaternary nitrogens is 1. The van der Waals surface area contributed by atoms with Gasteiger partial charge in [0.15, 0.2) is 0 Å². The van der Waals surface area contributed by atoms with E-state index >= 15 is 0 Å². The minimum Gasteiger partial charge on any atom is -0.326 e. The molecule has 0 saturated heterocycles. The van der Waals surface area contributed by atoms with Crippen LogP contribution in [0.3, 0.4) is 0 Å². The van der Waals surface area contributed by atoms with Crippen LogP contribution in [-0.4, -0.2) is 31.2 Å². The van der Waals surface area contributed by atoms with Gasteiger partial charge in [0.2, 0.25) is 0 Å². The third-order valence-corrected chi connectivity index (χ3v) is 6.38. The van der Waals surface area contributed by atoms with Gasteiger partial charge in [-0.1, -0.05) is 34.6 Å². The Labute approximate surface area is 103 Å². The smallest absolute Gasteiger partial charge is 0.101 e. The van der Waals surface area contributed by atoms with E-state index in [-0.39, 0.29) is 0 Å². The molecule has 1 saturated carbocycles. The maximum Gasteiger partial charge on any atom is 0.101 e. The molecule has 1 heteroatoms. The summed E-state index contributed by atoms with van der Waals surface area (Å²) in [7, 11) is 7.06. The van der Waals surface area contributed by atoms with Crippen LogP contribution in [-0.2, 0) is 0 Å². The molecule has 0 spiro atoms. The van der Waals surface area contributed by atoms with Crippen LogP contribution < -0.4 is 0 Å². The van der Waals surface area contributed by atoms with Gasteiger partial charge in [-0.25, -0.2) is 0 Å². The first-order valence-electron chi connectivity index (χ1n) is 6.68. The predicted octanol–water partition coefficient (Wildman–Crippen LogP) is 3.93. The van der Waals surface area contributed by atoms with Gasteiger partial charge in [0.1, 0.15) is 5.54 Å². The van der Waals surface area contributed by atoms with Crippen LogP contribution in [0.1, 0.15) is 54.4 Å². The van der Waals surface area contributed by atoms with Gasteiger partial charge < -0.3 is 4.48 Å². The zero-order chi connectivity index (χ0) is 13.0. The van der Waals surface area contributed by atoms with Crippen molar-refractivity contribution in [2.45, 2.75) is 59.9 Å². The van der Waals surface area contributed by atoms with E-state index in [0.717, 1.165) is 10.4 Å². The molecule has 0 radical (unpaired) electrons. The Balaban J connectivity index is 3.20. The lowest BCUT2D eigenvalue weighted by molar-refractivity contribution is -0.933. The van der Waals surface area contributed by atoms with E-state index in [2.05, 4.69) is 62.7 Å². The van der Waals surface area contributed by atoms with E-state index in [1.54, 1.807) is 0 Å². The van der Waals surface area contributed by atoms with E-state index in [1.165, 1.54) is 12.8 Å². The fraction of sp³-hybridized carbons (Fsp3) is 1.00. The Morgan fingerprint density at radius 3 is 1.69 bits per heavy atom. The summed E-state index contributed by atoms with van der Waals surface area (Å²) in [6, 6.07) is 0. The predicted molar refractivity (Wildman–Crippen MR) is 72.4 cm³/mol. The summed E-state index contributed by atoms with van der Waals surface area (Å²) < 4.78 is 1.07. The molecule has 0 bridgehead atoms. The van der Waals surface area contributed by atoms with Crippen molar-refractivity contribution in [2.24, 2.45) is 16.7 Å². The van der Waals surface area contributed by atoms with Crippen molar-refractivity contribution in [3.8, 4) is 0 Å². The van der Waals surface area contributed by atoms with Crippen LogP contribution in [0.2, 0.25) is 0 Å². The van der Waals surface area contributed by atoms with E-state index in [1.807, 2.05) is 0 Å². The van der Waals surface area contributed by atoms with Crippen molar-refractivity contribution in [3.63, 3.8) is 0 Å². The van der Waals surface area contributed by atoms with Crippen molar-refractivity contribution in [1.82, 2.24) is 0 Å². The average molecular weight is 226 g/mol. The Morgan fingerprint density at radius 2 is 1.31 bits per heavy atom. The molecule has 0 N–H and O–H groups in total. The molecule has 0 heterocycles. The normalized spacial score (nSPS) is 38.4. The molecule has 96 valence electrons. The van der Waals surface area contributed by atoms with E-state index < -0.39 is 0 Å². The lowest BCUT2D eigenvalue weighted by Gasteiger charge is -2.62. The van der Waals surface area contributed by atoms with Crippen LogP contribution in [0.25, 0.3) is 0 Å². The van der Waals surface area contributed by atoms with Crippen LogP contribution in [0.4, 0.5) is 0 Å². The minimum absolute atomic E-state index is 0.377. The second-order valence-corrected chi connectivity index (χ2v) is 8.22. The molecular weight excluding hydrogens is 194 g/mol. The summed E-state index contributed by atoms with van der Waals surface area (Å²) in [6.07, 6.45) is 2.68. The highest BCUT2D eigenvalue weighted by Gasteiger charge is 2.59. The summed E-state index contributed by atoms with van der Waals surface area (Å²) in [5.41, 5.74) is 1.24. The summed E-state index contributed by atoms with van der Waals surface area (Å²) in [5.74, 6) is 0.760. The van der Waals surface area contributed by atoms with Gasteiger partial charge in [-0.15, -0.1) is 0 Å². The van der Waals surface area contributed by atoms with E-state index in [4.69, 9.17) is 0 Å². The van der Waals surface area contributed by atoms with Crippen molar-refractivity contribution in [2.75, 3.05) is 21.1 Å². The van der Waals surface area contributed by atoms with E-state index in [0.29, 0.717) is 16.4 Å². The second kappa shape index (κ2) is 3.48. The first-order chi connectivity index (χ1) is 6.86. The van der Waals surface area contributed by atoms with Gasteiger partial charge in [0.05, 0.1) is 21.1 Å². The van der Waals surface area contributed by atoms with Crippen molar-refractivity contribution >= 4 is 0 Å². The Morgan fingerprint density at radius 1 is 0.875 bits per heavy atom. The molecule has 0 amide bonds. The zero-order valence-corrected chi connectivity index (χ0v) is 12.9. The number of hydrogen-bond acceptors (Lipinski definition) is 0. The summed E-state index contributed by atoms with van der Waals surface area (Å²) >= 11 is 0. The molecule has 1 fully saturated rings. The maximum atomic E-state index is 2.48. The molecule has 2 unspecified atom stereocenters.